The molecule has 0 spiro atoms. The van der Waals surface area contributed by atoms with E-state index in [1.807, 2.05) is 20.8 Å². The van der Waals surface area contributed by atoms with Gasteiger partial charge in [-0.1, -0.05) is 6.07 Å². The van der Waals surface area contributed by atoms with Gasteiger partial charge in [-0.15, -0.1) is 0 Å². The molecule has 0 aliphatic heterocycles. The Labute approximate surface area is 113 Å². The summed E-state index contributed by atoms with van der Waals surface area (Å²) in [5.41, 5.74) is 0.646. The predicted octanol–water partition coefficient (Wildman–Crippen LogP) is 2.58. The fourth-order valence-corrected chi connectivity index (χ4v) is 1.80. The van der Waals surface area contributed by atoms with E-state index in [0.717, 1.165) is 6.07 Å². The highest BCUT2D eigenvalue weighted by atomic mass is 19.1. The van der Waals surface area contributed by atoms with Crippen molar-refractivity contribution in [1.29, 1.82) is 0 Å². The third kappa shape index (κ3) is 5.14. The molecule has 0 aliphatic rings. The van der Waals surface area contributed by atoms with E-state index in [1.165, 1.54) is 6.07 Å². The van der Waals surface area contributed by atoms with Crippen molar-refractivity contribution < 1.29 is 19.0 Å². The second-order valence-electron chi connectivity index (χ2n) is 4.17. The van der Waals surface area contributed by atoms with E-state index in [-0.39, 0.29) is 18.1 Å². The number of aromatic hydroxyl groups is 1. The van der Waals surface area contributed by atoms with Crippen LogP contribution in [0.5, 0.6) is 5.75 Å². The normalized spacial score (nSPS) is 12.9. The molecule has 0 fully saturated rings. The number of nitrogens with one attached hydrogen (secondary N) is 1. The van der Waals surface area contributed by atoms with Gasteiger partial charge in [-0.2, -0.15) is 0 Å². The van der Waals surface area contributed by atoms with Crippen LogP contribution in [0.4, 0.5) is 4.39 Å². The SMILES string of the molecule is CCOC(CNC(C)c1ccc(F)cc1O)OCC. The van der Waals surface area contributed by atoms with Crippen molar-refractivity contribution in [2.24, 2.45) is 0 Å². The maximum Gasteiger partial charge on any atom is 0.169 e. The topological polar surface area (TPSA) is 50.7 Å². The lowest BCUT2D eigenvalue weighted by Gasteiger charge is -2.21. The Morgan fingerprint density at radius 3 is 2.42 bits per heavy atom. The molecule has 1 atom stereocenters. The van der Waals surface area contributed by atoms with Crippen molar-refractivity contribution in [1.82, 2.24) is 5.32 Å². The molecule has 0 heterocycles. The van der Waals surface area contributed by atoms with Gasteiger partial charge in [0.25, 0.3) is 0 Å². The van der Waals surface area contributed by atoms with Crippen molar-refractivity contribution in [2.45, 2.75) is 33.1 Å². The minimum Gasteiger partial charge on any atom is -0.508 e. The maximum absolute atomic E-state index is 12.9. The van der Waals surface area contributed by atoms with Crippen LogP contribution in [0, 0.1) is 5.82 Å². The highest BCUT2D eigenvalue weighted by molar-refractivity contribution is 5.34. The molecule has 0 bridgehead atoms. The number of hydrogen-bond acceptors (Lipinski definition) is 4. The fourth-order valence-electron chi connectivity index (χ4n) is 1.80. The number of phenolic OH excluding ortho intramolecular Hbond substituents is 1. The van der Waals surface area contributed by atoms with Crippen LogP contribution < -0.4 is 5.32 Å². The minimum absolute atomic E-state index is 0.0515. The van der Waals surface area contributed by atoms with Gasteiger partial charge in [0.05, 0.1) is 0 Å². The number of halogens is 1. The van der Waals surface area contributed by atoms with Crippen LogP contribution >= 0.6 is 0 Å². The zero-order valence-corrected chi connectivity index (χ0v) is 11.6. The van der Waals surface area contributed by atoms with Gasteiger partial charge in [0.1, 0.15) is 11.6 Å². The van der Waals surface area contributed by atoms with Gasteiger partial charge in [0.2, 0.25) is 0 Å². The predicted molar refractivity (Wildman–Crippen MR) is 71.5 cm³/mol. The van der Waals surface area contributed by atoms with E-state index in [2.05, 4.69) is 5.32 Å². The summed E-state index contributed by atoms with van der Waals surface area (Å²) in [6.45, 7) is 7.34. The molecule has 1 aromatic carbocycles. The number of benzene rings is 1. The van der Waals surface area contributed by atoms with Gasteiger partial charge in [0.15, 0.2) is 6.29 Å². The van der Waals surface area contributed by atoms with Crippen molar-refractivity contribution in [3.63, 3.8) is 0 Å². The van der Waals surface area contributed by atoms with Crippen LogP contribution in [-0.2, 0) is 9.47 Å². The van der Waals surface area contributed by atoms with Gasteiger partial charge >= 0.3 is 0 Å². The van der Waals surface area contributed by atoms with Crippen LogP contribution in [0.25, 0.3) is 0 Å². The molecule has 0 radical (unpaired) electrons. The Hall–Kier alpha value is -1.17. The number of rotatable bonds is 8. The van der Waals surface area contributed by atoms with Crippen molar-refractivity contribution in [2.75, 3.05) is 19.8 Å². The van der Waals surface area contributed by atoms with Gasteiger partial charge < -0.3 is 19.9 Å². The average Bonchev–Trinajstić information content (AvgIpc) is 2.36. The highest BCUT2D eigenvalue weighted by Crippen LogP contribution is 2.24. The minimum atomic E-state index is -0.449. The van der Waals surface area contributed by atoms with E-state index in [0.29, 0.717) is 25.3 Å². The van der Waals surface area contributed by atoms with Gasteiger partial charge in [0, 0.05) is 37.4 Å². The molecule has 0 aromatic heterocycles. The monoisotopic (exact) mass is 271 g/mol. The third-order valence-electron chi connectivity index (χ3n) is 2.75. The summed E-state index contributed by atoms with van der Waals surface area (Å²) in [5, 5.41) is 12.9. The van der Waals surface area contributed by atoms with Crippen LogP contribution in [0.2, 0.25) is 0 Å². The molecule has 0 saturated heterocycles. The molecule has 0 aliphatic carbocycles. The van der Waals surface area contributed by atoms with E-state index in [1.54, 1.807) is 6.07 Å². The molecule has 108 valence electrons. The molecule has 19 heavy (non-hydrogen) atoms. The van der Waals surface area contributed by atoms with Crippen molar-refractivity contribution in [3.05, 3.63) is 29.6 Å². The average molecular weight is 271 g/mol. The van der Waals surface area contributed by atoms with E-state index in [4.69, 9.17) is 9.47 Å². The Kier molecular flexibility index (Phi) is 6.77. The summed E-state index contributed by atoms with van der Waals surface area (Å²) in [4.78, 5) is 0. The summed E-state index contributed by atoms with van der Waals surface area (Å²) >= 11 is 0. The first-order chi connectivity index (χ1) is 9.08. The lowest BCUT2D eigenvalue weighted by molar-refractivity contribution is -0.133. The second-order valence-corrected chi connectivity index (χ2v) is 4.17. The Balaban J connectivity index is 2.55. The Bertz CT molecular complexity index is 381. The lowest BCUT2D eigenvalue weighted by Crippen LogP contribution is -2.33. The summed E-state index contributed by atoms with van der Waals surface area (Å²) < 4.78 is 23.7. The van der Waals surface area contributed by atoms with E-state index >= 15 is 0 Å². The molecule has 1 unspecified atom stereocenters. The third-order valence-corrected chi connectivity index (χ3v) is 2.75. The smallest absolute Gasteiger partial charge is 0.169 e. The highest BCUT2D eigenvalue weighted by Gasteiger charge is 2.14. The van der Waals surface area contributed by atoms with Crippen LogP contribution in [-0.4, -0.2) is 31.2 Å². The standard InChI is InChI=1S/C14H22FNO3/c1-4-18-14(19-5-2)9-16-10(3)12-7-6-11(15)8-13(12)17/h6-8,10,14,16-17H,4-5,9H2,1-3H3. The molecule has 0 amide bonds. The zero-order chi connectivity index (χ0) is 14.3. The van der Waals surface area contributed by atoms with Crippen LogP contribution in [0.1, 0.15) is 32.4 Å². The molecule has 2 N–H and O–H groups in total. The van der Waals surface area contributed by atoms with Crippen LogP contribution in [0.3, 0.4) is 0 Å². The fraction of sp³-hybridized carbons (Fsp3) is 0.571. The van der Waals surface area contributed by atoms with Crippen molar-refractivity contribution in [3.8, 4) is 5.75 Å². The second kappa shape index (κ2) is 8.09. The molecule has 0 saturated carbocycles. The summed E-state index contributed by atoms with van der Waals surface area (Å²) in [5.74, 6) is -0.501. The number of ether oxygens (including phenoxy) is 2. The largest absolute Gasteiger partial charge is 0.508 e. The van der Waals surface area contributed by atoms with Crippen molar-refractivity contribution >= 4 is 0 Å². The van der Waals surface area contributed by atoms with Gasteiger partial charge in [-0.05, 0) is 26.8 Å². The lowest BCUT2D eigenvalue weighted by atomic mass is 10.1. The summed E-state index contributed by atoms with van der Waals surface area (Å²) in [6, 6.07) is 3.88. The molecule has 5 heteroatoms. The van der Waals surface area contributed by atoms with Crippen LogP contribution in [0.15, 0.2) is 18.2 Å². The Morgan fingerprint density at radius 1 is 1.26 bits per heavy atom. The van der Waals surface area contributed by atoms with E-state index in [9.17, 15) is 9.50 Å². The molecular formula is C14H22FNO3. The molecule has 1 rings (SSSR count). The Morgan fingerprint density at radius 2 is 1.89 bits per heavy atom. The molecule has 4 nitrogen and oxygen atoms in total. The first kappa shape index (κ1) is 15.9. The van der Waals surface area contributed by atoms with Gasteiger partial charge in [-0.3, -0.25) is 0 Å². The van der Waals surface area contributed by atoms with Gasteiger partial charge in [-0.25, -0.2) is 4.39 Å². The molecular weight excluding hydrogens is 249 g/mol. The first-order valence-corrected chi connectivity index (χ1v) is 6.53. The number of phenols is 1. The zero-order valence-electron chi connectivity index (χ0n) is 11.6. The number of hydrogen-bond donors (Lipinski definition) is 2. The summed E-state index contributed by atoms with van der Waals surface area (Å²) in [7, 11) is 0. The van der Waals surface area contributed by atoms with E-state index < -0.39 is 5.82 Å². The summed E-state index contributed by atoms with van der Waals surface area (Å²) in [6.07, 6.45) is -0.319. The maximum atomic E-state index is 12.9. The first-order valence-electron chi connectivity index (χ1n) is 6.53. The molecule has 1 aromatic rings. The quantitative estimate of drug-likeness (QED) is 0.714.